The molecular weight excluding hydrogens is 210 g/mol. The number of carboxylic acid groups (broad SMARTS) is 1. The van der Waals surface area contributed by atoms with E-state index < -0.39 is 27.9 Å². The first-order valence-electron chi connectivity index (χ1n) is 4.11. The topological polar surface area (TPSA) is 91.8 Å². The van der Waals surface area contributed by atoms with Crippen LogP contribution >= 0.6 is 0 Å². The van der Waals surface area contributed by atoms with Crippen molar-refractivity contribution in [2.75, 3.05) is 5.75 Å². The summed E-state index contributed by atoms with van der Waals surface area (Å²) in [6.07, 6.45) is -0.405. The van der Waals surface area contributed by atoms with Gasteiger partial charge in [-0.05, 0) is 6.92 Å². The number of carboxylic acids is 1. The molecule has 1 N–H and O–H groups in total. The van der Waals surface area contributed by atoms with E-state index in [1.165, 1.54) is 6.92 Å². The molecule has 6 nitrogen and oxygen atoms in total. The molecule has 0 aliphatic carbocycles. The van der Waals surface area contributed by atoms with E-state index in [9.17, 15) is 18.0 Å². The quantitative estimate of drug-likeness (QED) is 0.687. The number of sulfonamides is 1. The van der Waals surface area contributed by atoms with Gasteiger partial charge in [0.15, 0.2) is 0 Å². The van der Waals surface area contributed by atoms with E-state index in [4.69, 9.17) is 5.11 Å². The third-order valence-electron chi connectivity index (χ3n) is 1.99. The van der Waals surface area contributed by atoms with Crippen molar-refractivity contribution in [3.05, 3.63) is 0 Å². The molecule has 1 aliphatic rings. The number of rotatable bonds is 3. The lowest BCUT2D eigenvalue weighted by Gasteiger charge is -2.21. The molecule has 1 unspecified atom stereocenters. The minimum atomic E-state index is -3.56. The first kappa shape index (κ1) is 11.0. The number of carbonyl (C=O) groups is 2. The van der Waals surface area contributed by atoms with Gasteiger partial charge in [-0.1, -0.05) is 0 Å². The summed E-state index contributed by atoms with van der Waals surface area (Å²) < 4.78 is 23.3. The molecule has 0 aromatic heterocycles. The Morgan fingerprint density at radius 2 is 2.21 bits per heavy atom. The Balaban J connectivity index is 2.85. The van der Waals surface area contributed by atoms with Crippen LogP contribution in [-0.4, -0.2) is 41.5 Å². The maximum Gasteiger partial charge on any atom is 0.305 e. The van der Waals surface area contributed by atoms with Crippen LogP contribution in [0.25, 0.3) is 0 Å². The molecule has 14 heavy (non-hydrogen) atoms. The van der Waals surface area contributed by atoms with Crippen molar-refractivity contribution in [2.45, 2.75) is 25.8 Å². The molecule has 0 aromatic carbocycles. The van der Waals surface area contributed by atoms with Crippen molar-refractivity contribution in [2.24, 2.45) is 0 Å². The fraction of sp³-hybridized carbons (Fsp3) is 0.714. The summed E-state index contributed by atoms with van der Waals surface area (Å²) >= 11 is 0. The number of hydrogen-bond acceptors (Lipinski definition) is 4. The Morgan fingerprint density at radius 1 is 1.64 bits per heavy atom. The summed E-state index contributed by atoms with van der Waals surface area (Å²) in [4.78, 5) is 21.5. The van der Waals surface area contributed by atoms with Gasteiger partial charge in [-0.3, -0.25) is 9.59 Å². The zero-order valence-corrected chi connectivity index (χ0v) is 8.45. The highest BCUT2D eigenvalue weighted by atomic mass is 32.2. The SMILES string of the molecule is CC(CC(=O)O)N1C(=O)CCS1(=O)=O. The van der Waals surface area contributed by atoms with Gasteiger partial charge in [-0.15, -0.1) is 0 Å². The van der Waals surface area contributed by atoms with E-state index in [1.807, 2.05) is 0 Å². The van der Waals surface area contributed by atoms with Gasteiger partial charge in [0.05, 0.1) is 18.2 Å². The molecule has 1 saturated heterocycles. The van der Waals surface area contributed by atoms with E-state index in [-0.39, 0.29) is 18.6 Å². The van der Waals surface area contributed by atoms with Crippen LogP contribution in [0, 0.1) is 0 Å². The summed E-state index contributed by atoms with van der Waals surface area (Å²) in [5.41, 5.74) is 0. The summed E-state index contributed by atoms with van der Waals surface area (Å²) in [7, 11) is -3.56. The number of hydrogen-bond donors (Lipinski definition) is 1. The van der Waals surface area contributed by atoms with Crippen LogP contribution in [0.1, 0.15) is 19.8 Å². The van der Waals surface area contributed by atoms with E-state index >= 15 is 0 Å². The molecular formula is C7H11NO5S. The molecule has 0 saturated carbocycles. The molecule has 1 amide bonds. The van der Waals surface area contributed by atoms with E-state index in [0.29, 0.717) is 4.31 Å². The van der Waals surface area contributed by atoms with Gasteiger partial charge in [0, 0.05) is 6.42 Å². The minimum Gasteiger partial charge on any atom is -0.481 e. The molecule has 1 rings (SSSR count). The molecule has 1 heterocycles. The largest absolute Gasteiger partial charge is 0.481 e. The second-order valence-corrected chi connectivity index (χ2v) is 5.17. The Labute approximate surface area is 81.6 Å². The van der Waals surface area contributed by atoms with Gasteiger partial charge in [0.2, 0.25) is 15.9 Å². The molecule has 1 aliphatic heterocycles. The molecule has 80 valence electrons. The van der Waals surface area contributed by atoms with Gasteiger partial charge >= 0.3 is 5.97 Å². The first-order valence-corrected chi connectivity index (χ1v) is 5.72. The first-order chi connectivity index (χ1) is 6.34. The lowest BCUT2D eigenvalue weighted by atomic mass is 10.2. The number of nitrogens with zero attached hydrogens (tertiary/aromatic N) is 1. The Hall–Kier alpha value is -1.11. The van der Waals surface area contributed by atoms with Crippen molar-refractivity contribution < 1.29 is 23.1 Å². The second kappa shape index (κ2) is 3.56. The van der Waals surface area contributed by atoms with Crippen molar-refractivity contribution in [1.82, 2.24) is 4.31 Å². The fourth-order valence-corrected chi connectivity index (χ4v) is 3.09. The van der Waals surface area contributed by atoms with Crippen LogP contribution in [0.5, 0.6) is 0 Å². The predicted octanol–water partition coefficient (Wildman–Crippen LogP) is -0.588. The number of carbonyl (C=O) groups excluding carboxylic acids is 1. The van der Waals surface area contributed by atoms with Crippen molar-refractivity contribution >= 4 is 21.9 Å². The van der Waals surface area contributed by atoms with Crippen molar-refractivity contribution in [3.63, 3.8) is 0 Å². The maximum absolute atomic E-state index is 11.3. The summed E-state index contributed by atoms with van der Waals surface area (Å²) in [6, 6.07) is -0.799. The van der Waals surface area contributed by atoms with Gasteiger partial charge < -0.3 is 5.11 Å². The maximum atomic E-state index is 11.3. The van der Waals surface area contributed by atoms with Gasteiger partial charge in [-0.25, -0.2) is 12.7 Å². The van der Waals surface area contributed by atoms with Crippen molar-refractivity contribution in [3.8, 4) is 0 Å². The van der Waals surface area contributed by atoms with Crippen LogP contribution in [0.2, 0.25) is 0 Å². The minimum absolute atomic E-state index is 0.0493. The average molecular weight is 221 g/mol. The molecule has 0 spiro atoms. The highest BCUT2D eigenvalue weighted by Gasteiger charge is 2.38. The molecule has 0 bridgehead atoms. The molecule has 0 aromatic rings. The van der Waals surface area contributed by atoms with Gasteiger partial charge in [-0.2, -0.15) is 0 Å². The highest BCUT2D eigenvalue weighted by Crippen LogP contribution is 2.20. The molecule has 1 fully saturated rings. The third-order valence-corrected chi connectivity index (χ3v) is 3.87. The zero-order chi connectivity index (χ0) is 10.9. The highest BCUT2D eigenvalue weighted by molar-refractivity contribution is 7.90. The van der Waals surface area contributed by atoms with Crippen LogP contribution in [-0.2, 0) is 19.6 Å². The lowest BCUT2D eigenvalue weighted by Crippen LogP contribution is -2.38. The lowest BCUT2D eigenvalue weighted by molar-refractivity contribution is -0.138. The number of amides is 1. The summed E-state index contributed by atoms with van der Waals surface area (Å²) in [6.45, 7) is 1.41. The summed E-state index contributed by atoms with van der Waals surface area (Å²) in [5, 5.41) is 8.47. The Bertz CT molecular complexity index is 360. The number of aliphatic carboxylic acids is 1. The van der Waals surface area contributed by atoms with E-state index in [1.54, 1.807) is 0 Å². The van der Waals surface area contributed by atoms with Gasteiger partial charge in [0.25, 0.3) is 0 Å². The van der Waals surface area contributed by atoms with Crippen LogP contribution in [0.4, 0.5) is 0 Å². The zero-order valence-electron chi connectivity index (χ0n) is 7.63. The van der Waals surface area contributed by atoms with Crippen LogP contribution in [0.3, 0.4) is 0 Å². The van der Waals surface area contributed by atoms with Crippen molar-refractivity contribution in [1.29, 1.82) is 0 Å². The monoisotopic (exact) mass is 221 g/mol. The normalized spacial score (nSPS) is 22.4. The summed E-state index contributed by atoms with van der Waals surface area (Å²) in [5.74, 6) is -1.85. The Morgan fingerprint density at radius 3 is 2.57 bits per heavy atom. The second-order valence-electron chi connectivity index (χ2n) is 3.20. The van der Waals surface area contributed by atoms with Crippen LogP contribution in [0.15, 0.2) is 0 Å². The van der Waals surface area contributed by atoms with E-state index in [0.717, 1.165) is 0 Å². The van der Waals surface area contributed by atoms with Gasteiger partial charge in [0.1, 0.15) is 0 Å². The fourth-order valence-electron chi connectivity index (χ4n) is 1.44. The predicted molar refractivity (Wildman–Crippen MR) is 47.0 cm³/mol. The van der Waals surface area contributed by atoms with E-state index in [2.05, 4.69) is 0 Å². The third kappa shape index (κ3) is 2.03. The molecule has 0 radical (unpaired) electrons. The average Bonchev–Trinajstić information content (AvgIpc) is 2.24. The molecule has 7 heteroatoms. The Kier molecular flexibility index (Phi) is 2.79. The van der Waals surface area contributed by atoms with Crippen LogP contribution < -0.4 is 0 Å². The standard InChI is InChI=1S/C7H11NO5S/c1-5(4-7(10)11)8-6(9)2-3-14(8,12)13/h5H,2-4H2,1H3,(H,10,11). The smallest absolute Gasteiger partial charge is 0.305 e. The molecule has 1 atom stereocenters.